The van der Waals surface area contributed by atoms with Gasteiger partial charge in [0.15, 0.2) is 11.5 Å². The van der Waals surface area contributed by atoms with Gasteiger partial charge in [-0.15, -0.1) is 0 Å². The van der Waals surface area contributed by atoms with E-state index in [-0.39, 0.29) is 11.6 Å². The van der Waals surface area contributed by atoms with Gasteiger partial charge in [0.25, 0.3) is 5.91 Å². The van der Waals surface area contributed by atoms with E-state index in [0.717, 1.165) is 11.3 Å². The average Bonchev–Trinajstić information content (AvgIpc) is 3.34. The number of imidazole rings is 1. The van der Waals surface area contributed by atoms with Crippen LogP contribution in [-0.2, 0) is 0 Å². The molecule has 6 nitrogen and oxygen atoms in total. The van der Waals surface area contributed by atoms with Gasteiger partial charge >= 0.3 is 0 Å². The lowest BCUT2D eigenvalue weighted by molar-refractivity contribution is 0.101. The third-order valence-corrected chi connectivity index (χ3v) is 4.02. The van der Waals surface area contributed by atoms with Gasteiger partial charge in [0.1, 0.15) is 0 Å². The number of aromatic nitrogens is 3. The molecule has 4 rings (SSSR count). The first-order chi connectivity index (χ1) is 12.7. The molecular weight excluding hydrogens is 352 g/mol. The van der Waals surface area contributed by atoms with Gasteiger partial charge in [-0.1, -0.05) is 41.0 Å². The summed E-state index contributed by atoms with van der Waals surface area (Å²) in [6.07, 6.45) is 5.14. The fourth-order valence-electron chi connectivity index (χ4n) is 2.55. The van der Waals surface area contributed by atoms with E-state index >= 15 is 0 Å². The van der Waals surface area contributed by atoms with Crippen LogP contribution in [-0.4, -0.2) is 20.6 Å². The molecule has 0 spiro atoms. The minimum absolute atomic E-state index is 0.181. The summed E-state index contributed by atoms with van der Waals surface area (Å²) in [6.45, 7) is 0. The van der Waals surface area contributed by atoms with Crippen molar-refractivity contribution in [2.24, 2.45) is 0 Å². The van der Waals surface area contributed by atoms with Gasteiger partial charge in [0.2, 0.25) is 0 Å². The van der Waals surface area contributed by atoms with Crippen LogP contribution in [0, 0.1) is 0 Å². The van der Waals surface area contributed by atoms with E-state index in [0.29, 0.717) is 16.5 Å². The Morgan fingerprint density at radius 2 is 2.00 bits per heavy atom. The highest BCUT2D eigenvalue weighted by atomic mass is 35.5. The second kappa shape index (κ2) is 6.85. The van der Waals surface area contributed by atoms with E-state index in [1.807, 2.05) is 34.9 Å². The quantitative estimate of drug-likeness (QED) is 0.581. The molecule has 2 aromatic heterocycles. The van der Waals surface area contributed by atoms with E-state index in [4.69, 9.17) is 16.1 Å². The number of para-hydroxylation sites is 2. The number of nitrogens with zero attached hydrogens (tertiary/aromatic N) is 3. The van der Waals surface area contributed by atoms with Crippen molar-refractivity contribution in [1.82, 2.24) is 14.7 Å². The second-order valence-corrected chi connectivity index (χ2v) is 5.96. The Morgan fingerprint density at radius 3 is 2.81 bits per heavy atom. The maximum Gasteiger partial charge on any atom is 0.277 e. The zero-order valence-electron chi connectivity index (χ0n) is 13.5. The van der Waals surface area contributed by atoms with Crippen LogP contribution in [0.15, 0.2) is 77.8 Å². The molecule has 4 aromatic rings. The molecule has 0 saturated heterocycles. The van der Waals surface area contributed by atoms with Gasteiger partial charge in [-0.25, -0.2) is 4.98 Å². The Kier molecular flexibility index (Phi) is 4.25. The number of benzene rings is 2. The van der Waals surface area contributed by atoms with Crippen LogP contribution in [0.4, 0.5) is 5.69 Å². The fraction of sp³-hybridized carbons (Fsp3) is 0. The van der Waals surface area contributed by atoms with Crippen molar-refractivity contribution in [2.45, 2.75) is 0 Å². The molecule has 0 radical (unpaired) electrons. The molecule has 0 atom stereocenters. The molecule has 26 heavy (non-hydrogen) atoms. The molecule has 128 valence electrons. The first-order valence-electron chi connectivity index (χ1n) is 7.82. The molecule has 0 unspecified atom stereocenters. The van der Waals surface area contributed by atoms with Gasteiger partial charge in [0, 0.05) is 29.0 Å². The van der Waals surface area contributed by atoms with E-state index in [1.165, 1.54) is 0 Å². The van der Waals surface area contributed by atoms with Gasteiger partial charge in [-0.3, -0.25) is 4.79 Å². The third kappa shape index (κ3) is 3.22. The Bertz CT molecular complexity index is 1060. The highest BCUT2D eigenvalue weighted by Gasteiger charge is 2.15. The van der Waals surface area contributed by atoms with Crippen LogP contribution >= 0.6 is 11.6 Å². The van der Waals surface area contributed by atoms with Crippen molar-refractivity contribution in [3.05, 3.63) is 84.0 Å². The summed E-state index contributed by atoms with van der Waals surface area (Å²) in [7, 11) is 0. The molecule has 0 aliphatic heterocycles. The second-order valence-electron chi connectivity index (χ2n) is 5.53. The number of hydrogen-bond acceptors (Lipinski definition) is 4. The summed E-state index contributed by atoms with van der Waals surface area (Å²) >= 11 is 5.99. The maximum atomic E-state index is 12.6. The summed E-state index contributed by atoms with van der Waals surface area (Å²) in [4.78, 5) is 16.6. The summed E-state index contributed by atoms with van der Waals surface area (Å²) in [5.74, 6) is 0.107. The highest BCUT2D eigenvalue weighted by molar-refractivity contribution is 6.30. The molecule has 0 saturated carbocycles. The minimum atomic E-state index is -0.366. The number of carbonyl (C=O) groups is 1. The van der Waals surface area contributed by atoms with E-state index < -0.39 is 0 Å². The fourth-order valence-corrected chi connectivity index (χ4v) is 2.74. The molecular formula is C19H13ClN4O2. The van der Waals surface area contributed by atoms with Crippen LogP contribution in [0.5, 0.6) is 0 Å². The van der Waals surface area contributed by atoms with Crippen molar-refractivity contribution in [3.8, 4) is 17.0 Å². The Hall–Kier alpha value is -3.38. The first kappa shape index (κ1) is 16.1. The first-order valence-corrected chi connectivity index (χ1v) is 8.20. The van der Waals surface area contributed by atoms with Crippen LogP contribution < -0.4 is 5.32 Å². The monoisotopic (exact) mass is 364 g/mol. The molecule has 0 fully saturated rings. The van der Waals surface area contributed by atoms with Crippen molar-refractivity contribution >= 4 is 23.2 Å². The number of rotatable bonds is 4. The zero-order chi connectivity index (χ0) is 17.9. The molecule has 0 aliphatic carbocycles. The highest BCUT2D eigenvalue weighted by Crippen LogP contribution is 2.24. The van der Waals surface area contributed by atoms with E-state index in [9.17, 15) is 4.79 Å². The molecule has 2 aromatic carbocycles. The minimum Gasteiger partial charge on any atom is -0.355 e. The third-order valence-electron chi connectivity index (χ3n) is 3.79. The van der Waals surface area contributed by atoms with Crippen LogP contribution in [0.2, 0.25) is 5.02 Å². The molecule has 2 heterocycles. The van der Waals surface area contributed by atoms with Gasteiger partial charge in [-0.2, -0.15) is 0 Å². The number of nitrogens with one attached hydrogen (secondary N) is 1. The standard InChI is InChI=1S/C19H13ClN4O2/c20-14-5-3-4-13(10-14)18-11-16(23-26-18)19(25)22-15-6-1-2-7-17(15)24-9-8-21-12-24/h1-12H,(H,22,25). The lowest BCUT2D eigenvalue weighted by Crippen LogP contribution is -2.13. The molecule has 1 N–H and O–H groups in total. The number of amides is 1. The number of halogens is 1. The van der Waals surface area contributed by atoms with E-state index in [1.54, 1.807) is 43.0 Å². The zero-order valence-corrected chi connectivity index (χ0v) is 14.2. The summed E-state index contributed by atoms with van der Waals surface area (Å²) in [5.41, 5.74) is 2.38. The van der Waals surface area contributed by atoms with E-state index in [2.05, 4.69) is 15.5 Å². The number of anilines is 1. The smallest absolute Gasteiger partial charge is 0.277 e. The number of carbonyl (C=O) groups excluding carboxylic acids is 1. The molecule has 7 heteroatoms. The number of hydrogen-bond donors (Lipinski definition) is 1. The lowest BCUT2D eigenvalue weighted by Gasteiger charge is -2.10. The molecule has 0 aliphatic rings. The van der Waals surface area contributed by atoms with Crippen molar-refractivity contribution in [1.29, 1.82) is 0 Å². The topological polar surface area (TPSA) is 73.0 Å². The van der Waals surface area contributed by atoms with Gasteiger partial charge in [-0.05, 0) is 24.3 Å². The summed E-state index contributed by atoms with van der Waals surface area (Å²) < 4.78 is 7.10. The Morgan fingerprint density at radius 1 is 1.12 bits per heavy atom. The SMILES string of the molecule is O=C(Nc1ccccc1-n1ccnc1)c1cc(-c2cccc(Cl)c2)on1. The Labute approximate surface area is 154 Å². The predicted octanol–water partition coefficient (Wildman–Crippen LogP) is 4.43. The lowest BCUT2D eigenvalue weighted by atomic mass is 10.1. The van der Waals surface area contributed by atoms with Crippen LogP contribution in [0.25, 0.3) is 17.0 Å². The average molecular weight is 365 g/mol. The van der Waals surface area contributed by atoms with Crippen molar-refractivity contribution in [2.75, 3.05) is 5.32 Å². The summed E-state index contributed by atoms with van der Waals surface area (Å²) in [6, 6.07) is 16.2. The van der Waals surface area contributed by atoms with Crippen LogP contribution in [0.3, 0.4) is 0 Å². The normalized spacial score (nSPS) is 10.7. The Balaban J connectivity index is 1.59. The maximum absolute atomic E-state index is 12.6. The molecule has 0 bridgehead atoms. The largest absolute Gasteiger partial charge is 0.355 e. The van der Waals surface area contributed by atoms with Gasteiger partial charge in [0.05, 0.1) is 17.7 Å². The summed E-state index contributed by atoms with van der Waals surface area (Å²) in [5, 5.41) is 7.30. The van der Waals surface area contributed by atoms with Gasteiger partial charge < -0.3 is 14.4 Å². The van der Waals surface area contributed by atoms with Crippen LogP contribution in [0.1, 0.15) is 10.5 Å². The molecule has 1 amide bonds. The van der Waals surface area contributed by atoms with Crippen molar-refractivity contribution < 1.29 is 9.32 Å². The van der Waals surface area contributed by atoms with Crippen molar-refractivity contribution in [3.63, 3.8) is 0 Å². The predicted molar refractivity (Wildman–Crippen MR) is 98.5 cm³/mol.